The maximum absolute atomic E-state index is 12.0. The van der Waals surface area contributed by atoms with E-state index in [1.54, 1.807) is 19.2 Å². The third-order valence-corrected chi connectivity index (χ3v) is 5.33. The van der Waals surface area contributed by atoms with Gasteiger partial charge in [0.25, 0.3) is 0 Å². The molecule has 2 atom stereocenters. The number of rotatable bonds is 4. The number of nitrogens with one attached hydrogen (secondary N) is 2. The highest BCUT2D eigenvalue weighted by Crippen LogP contribution is 2.52. The molecule has 0 aromatic heterocycles. The summed E-state index contributed by atoms with van der Waals surface area (Å²) in [5.41, 5.74) is 6.24. The van der Waals surface area contributed by atoms with E-state index in [9.17, 15) is 4.79 Å². The van der Waals surface area contributed by atoms with Gasteiger partial charge in [-0.3, -0.25) is 5.32 Å². The quantitative estimate of drug-likeness (QED) is 0.829. The van der Waals surface area contributed by atoms with Gasteiger partial charge in [0.1, 0.15) is 5.75 Å². The number of benzene rings is 1. The average Bonchev–Trinajstić information content (AvgIpc) is 2.53. The second-order valence-corrected chi connectivity index (χ2v) is 6.91. The number of allylic oxidation sites excluding steroid dienone is 2. The van der Waals surface area contributed by atoms with Crippen LogP contribution in [-0.2, 0) is 4.84 Å². The minimum Gasteiger partial charge on any atom is -0.497 e. The molecule has 1 aromatic rings. The Balaban J connectivity index is 1.37. The van der Waals surface area contributed by atoms with E-state index in [-0.39, 0.29) is 0 Å². The van der Waals surface area contributed by atoms with E-state index in [0.29, 0.717) is 17.4 Å². The fourth-order valence-corrected chi connectivity index (χ4v) is 4.52. The molecule has 122 valence electrons. The van der Waals surface area contributed by atoms with Gasteiger partial charge in [-0.1, -0.05) is 6.07 Å². The predicted molar refractivity (Wildman–Crippen MR) is 86.8 cm³/mol. The molecular formula is C18H22N2O3. The third kappa shape index (κ3) is 2.87. The molecule has 5 nitrogen and oxygen atoms in total. The van der Waals surface area contributed by atoms with Gasteiger partial charge in [0.05, 0.1) is 12.8 Å². The number of hydrogen-bond donors (Lipinski definition) is 2. The number of methoxy groups -OCH3 is 1. The highest BCUT2D eigenvalue weighted by Gasteiger charge is 2.42. The predicted octanol–water partition coefficient (Wildman–Crippen LogP) is 3.84. The smallest absolute Gasteiger partial charge is 0.435 e. The summed E-state index contributed by atoms with van der Waals surface area (Å²) in [5, 5.41) is 2.71. The van der Waals surface area contributed by atoms with Gasteiger partial charge in [0, 0.05) is 17.7 Å². The van der Waals surface area contributed by atoms with Crippen LogP contribution in [0.15, 0.2) is 35.5 Å². The van der Waals surface area contributed by atoms with Crippen molar-refractivity contribution in [1.82, 2.24) is 5.48 Å². The number of carbonyl (C=O) groups is 1. The van der Waals surface area contributed by atoms with E-state index >= 15 is 0 Å². The lowest BCUT2D eigenvalue weighted by Gasteiger charge is -2.47. The average molecular weight is 314 g/mol. The minimum atomic E-state index is -0.500. The van der Waals surface area contributed by atoms with Crippen LogP contribution in [0.1, 0.15) is 32.1 Å². The van der Waals surface area contributed by atoms with Gasteiger partial charge in [0.15, 0.2) is 0 Å². The molecule has 5 heteroatoms. The zero-order valence-electron chi connectivity index (χ0n) is 13.3. The van der Waals surface area contributed by atoms with Crippen molar-refractivity contribution < 1.29 is 14.4 Å². The van der Waals surface area contributed by atoms with Gasteiger partial charge < -0.3 is 9.57 Å². The zero-order chi connectivity index (χ0) is 15.8. The summed E-state index contributed by atoms with van der Waals surface area (Å²) in [6, 6.07) is 7.21. The molecule has 0 heterocycles. The number of anilines is 1. The van der Waals surface area contributed by atoms with Crippen molar-refractivity contribution in [3.63, 3.8) is 0 Å². The summed E-state index contributed by atoms with van der Waals surface area (Å²) >= 11 is 0. The van der Waals surface area contributed by atoms with Gasteiger partial charge in [-0.25, -0.2) is 10.3 Å². The lowest BCUT2D eigenvalue weighted by Crippen LogP contribution is -2.40. The first-order valence-electron chi connectivity index (χ1n) is 8.31. The van der Waals surface area contributed by atoms with E-state index < -0.39 is 6.09 Å². The Hall–Kier alpha value is -2.17. The van der Waals surface area contributed by atoms with E-state index in [4.69, 9.17) is 9.57 Å². The Morgan fingerprint density at radius 3 is 2.65 bits per heavy atom. The number of carbonyl (C=O) groups excluding carboxylic acids is 1. The maximum Gasteiger partial charge on any atom is 0.435 e. The van der Waals surface area contributed by atoms with Gasteiger partial charge in [-0.15, -0.1) is 0 Å². The highest BCUT2D eigenvalue weighted by molar-refractivity contribution is 5.84. The summed E-state index contributed by atoms with van der Waals surface area (Å²) in [7, 11) is 1.60. The van der Waals surface area contributed by atoms with Crippen LogP contribution in [0.3, 0.4) is 0 Å². The Bertz CT molecular complexity index is 639. The fourth-order valence-electron chi connectivity index (χ4n) is 4.52. The maximum atomic E-state index is 12.0. The van der Waals surface area contributed by atoms with Crippen LogP contribution in [-0.4, -0.2) is 13.2 Å². The lowest BCUT2D eigenvalue weighted by atomic mass is 9.60. The Labute approximate surface area is 136 Å². The Morgan fingerprint density at radius 1 is 1.17 bits per heavy atom. The second kappa shape index (κ2) is 5.80. The standard InChI is InChI=1S/C18H22N2O3/c1-22-16-4-2-3-15(10-16)19-18(21)23-20-17-13-6-11-5-12(8-13)9-14(17)7-11/h2-4,10-13,20H,5-9H2,1H3,(H,19,21). The summed E-state index contributed by atoms with van der Waals surface area (Å²) < 4.78 is 5.14. The molecule has 4 bridgehead atoms. The molecule has 1 aromatic carbocycles. The molecule has 2 N–H and O–H groups in total. The SMILES string of the molecule is COc1cccc(NC(=O)ONC2=C3CC4CC(C3)CC2C4)c1. The van der Waals surface area contributed by atoms with Crippen molar-refractivity contribution in [2.75, 3.05) is 12.4 Å². The van der Waals surface area contributed by atoms with Crippen LogP contribution in [0, 0.1) is 17.8 Å². The Morgan fingerprint density at radius 2 is 1.96 bits per heavy atom. The molecule has 0 saturated heterocycles. The van der Waals surface area contributed by atoms with E-state index in [1.165, 1.54) is 37.7 Å². The van der Waals surface area contributed by atoms with E-state index in [0.717, 1.165) is 17.5 Å². The van der Waals surface area contributed by atoms with E-state index in [1.807, 2.05) is 12.1 Å². The third-order valence-electron chi connectivity index (χ3n) is 5.33. The van der Waals surface area contributed by atoms with Gasteiger partial charge >= 0.3 is 6.09 Å². The van der Waals surface area contributed by atoms with Crippen molar-refractivity contribution in [1.29, 1.82) is 0 Å². The summed E-state index contributed by atoms with van der Waals surface area (Å²) in [6.45, 7) is 0. The number of hydrogen-bond acceptors (Lipinski definition) is 4. The largest absolute Gasteiger partial charge is 0.497 e. The lowest BCUT2D eigenvalue weighted by molar-refractivity contribution is 0.0831. The highest BCUT2D eigenvalue weighted by atomic mass is 16.7. The zero-order valence-corrected chi connectivity index (χ0v) is 13.3. The second-order valence-electron chi connectivity index (χ2n) is 6.91. The topological polar surface area (TPSA) is 59.6 Å². The van der Waals surface area contributed by atoms with Gasteiger partial charge in [0.2, 0.25) is 0 Å². The number of amides is 1. The van der Waals surface area contributed by atoms with Crippen molar-refractivity contribution in [2.24, 2.45) is 17.8 Å². The molecule has 2 unspecified atom stereocenters. The van der Waals surface area contributed by atoms with Crippen LogP contribution >= 0.6 is 0 Å². The number of ether oxygens (including phenoxy) is 1. The van der Waals surface area contributed by atoms with Crippen molar-refractivity contribution in [2.45, 2.75) is 32.1 Å². The van der Waals surface area contributed by atoms with Gasteiger partial charge in [-0.05, 0) is 61.6 Å². The number of hydroxylamine groups is 1. The molecule has 0 spiro atoms. The molecule has 2 fully saturated rings. The minimum absolute atomic E-state index is 0.500. The van der Waals surface area contributed by atoms with Crippen LogP contribution in [0.4, 0.5) is 10.5 Å². The molecule has 2 saturated carbocycles. The summed E-state index contributed by atoms with van der Waals surface area (Å²) in [6.07, 6.45) is 5.73. The molecule has 0 radical (unpaired) electrons. The van der Waals surface area contributed by atoms with Crippen LogP contribution in [0.25, 0.3) is 0 Å². The molecule has 4 aliphatic carbocycles. The van der Waals surface area contributed by atoms with Crippen LogP contribution in [0.5, 0.6) is 5.75 Å². The molecule has 0 aliphatic heterocycles. The fraction of sp³-hybridized carbons (Fsp3) is 0.500. The van der Waals surface area contributed by atoms with Crippen LogP contribution in [0.2, 0.25) is 0 Å². The summed E-state index contributed by atoms with van der Waals surface area (Å²) in [5.74, 6) is 2.97. The molecule has 1 amide bonds. The monoisotopic (exact) mass is 314 g/mol. The molecule has 4 aliphatic rings. The van der Waals surface area contributed by atoms with E-state index in [2.05, 4.69) is 10.8 Å². The molecule has 23 heavy (non-hydrogen) atoms. The normalized spacial score (nSPS) is 27.8. The molecular weight excluding hydrogens is 292 g/mol. The summed E-state index contributed by atoms with van der Waals surface area (Å²) in [4.78, 5) is 17.2. The van der Waals surface area contributed by atoms with Crippen LogP contribution < -0.4 is 15.5 Å². The van der Waals surface area contributed by atoms with Gasteiger partial charge in [-0.2, -0.15) is 0 Å². The van der Waals surface area contributed by atoms with Crippen molar-refractivity contribution in [3.8, 4) is 5.75 Å². The first-order chi connectivity index (χ1) is 11.2. The molecule has 5 rings (SSSR count). The first-order valence-corrected chi connectivity index (χ1v) is 8.31. The Kier molecular flexibility index (Phi) is 3.63. The van der Waals surface area contributed by atoms with Crippen molar-refractivity contribution >= 4 is 11.8 Å². The first kappa shape index (κ1) is 14.4. The van der Waals surface area contributed by atoms with Crippen molar-refractivity contribution in [3.05, 3.63) is 35.5 Å².